The number of likely N-dealkylation sites (tertiary alicyclic amines) is 1. The lowest BCUT2D eigenvalue weighted by Crippen LogP contribution is -2.57. The molecule has 2 amide bonds. The summed E-state index contributed by atoms with van der Waals surface area (Å²) in [6.45, 7) is 3.34. The minimum absolute atomic E-state index is 0.0300. The molecule has 1 aromatic rings. The second kappa shape index (κ2) is 9.08. The number of aliphatic hydroxyl groups excluding tert-OH is 1. The first-order valence-electron chi connectivity index (χ1n) is 11.1. The fraction of sp³-hybridized carbons (Fsp3) is 0.565. The van der Waals surface area contributed by atoms with Gasteiger partial charge in [0.2, 0.25) is 0 Å². The molecule has 182 valence electrons. The van der Waals surface area contributed by atoms with Gasteiger partial charge in [-0.05, 0) is 44.1 Å². The third kappa shape index (κ3) is 4.57. The van der Waals surface area contributed by atoms with Crippen molar-refractivity contribution >= 4 is 21.8 Å². The second-order valence-corrected chi connectivity index (χ2v) is 11.9. The molecule has 1 atom stereocenters. The molecule has 4 rings (SSSR count). The lowest BCUT2D eigenvalue weighted by molar-refractivity contribution is -0.131. The van der Waals surface area contributed by atoms with Crippen molar-refractivity contribution in [2.24, 2.45) is 5.92 Å². The van der Waals surface area contributed by atoms with Gasteiger partial charge in [-0.1, -0.05) is 11.8 Å². The Bertz CT molecular complexity index is 1220. The Morgan fingerprint density at radius 3 is 2.59 bits per heavy atom. The predicted molar refractivity (Wildman–Crippen MR) is 122 cm³/mol. The molecule has 3 heterocycles. The number of amides is 2. The molecule has 11 heteroatoms. The van der Waals surface area contributed by atoms with Crippen molar-refractivity contribution in [1.29, 1.82) is 0 Å². The smallest absolute Gasteiger partial charge is 0.328 e. The molecule has 34 heavy (non-hydrogen) atoms. The van der Waals surface area contributed by atoms with E-state index >= 15 is 0 Å². The van der Waals surface area contributed by atoms with Crippen molar-refractivity contribution in [3.05, 3.63) is 23.5 Å². The summed E-state index contributed by atoms with van der Waals surface area (Å²) in [5.74, 6) is 11.1. The van der Waals surface area contributed by atoms with Crippen LogP contribution in [0.15, 0.2) is 12.3 Å². The van der Waals surface area contributed by atoms with E-state index in [1.54, 1.807) is 12.3 Å². The molecule has 0 radical (unpaired) electrons. The number of nitrogens with zero attached hydrogens (tertiary/aromatic N) is 3. The number of aromatic nitrogens is 1. The predicted octanol–water partition coefficient (Wildman–Crippen LogP) is -0.219. The minimum atomic E-state index is -3.83. The Hall–Kier alpha value is -2.83. The van der Waals surface area contributed by atoms with Crippen molar-refractivity contribution in [1.82, 2.24) is 19.8 Å². The van der Waals surface area contributed by atoms with Crippen molar-refractivity contribution in [2.75, 3.05) is 25.9 Å². The largest absolute Gasteiger partial charge is 0.393 e. The molecular weight excluding hydrogens is 460 g/mol. The van der Waals surface area contributed by atoms with Crippen molar-refractivity contribution in [2.45, 2.75) is 49.6 Å². The molecule has 2 fully saturated rings. The number of fused-ring (bicyclic) bond motifs is 1. The maximum atomic E-state index is 12.7. The van der Waals surface area contributed by atoms with Gasteiger partial charge >= 0.3 is 6.03 Å². The van der Waals surface area contributed by atoms with E-state index in [0.29, 0.717) is 23.2 Å². The van der Waals surface area contributed by atoms with Gasteiger partial charge < -0.3 is 10.0 Å². The van der Waals surface area contributed by atoms with Gasteiger partial charge in [0.05, 0.1) is 12.6 Å². The molecule has 0 spiro atoms. The van der Waals surface area contributed by atoms with Crippen LogP contribution in [0.3, 0.4) is 0 Å². The van der Waals surface area contributed by atoms with Crippen LogP contribution in [0.2, 0.25) is 0 Å². The first kappa shape index (κ1) is 24.3. The number of hydrogen-bond donors (Lipinski definition) is 3. The highest BCUT2D eigenvalue weighted by molar-refractivity contribution is 7.92. The molecule has 0 bridgehead atoms. The number of nitrogens with one attached hydrogen (secondary N) is 1. The van der Waals surface area contributed by atoms with Crippen LogP contribution in [0.25, 0.3) is 0 Å². The first-order valence-corrected chi connectivity index (χ1v) is 13.0. The molecule has 1 saturated heterocycles. The third-order valence-electron chi connectivity index (χ3n) is 7.05. The zero-order chi connectivity index (χ0) is 24.7. The monoisotopic (exact) mass is 488 g/mol. The quantitative estimate of drug-likeness (QED) is 0.287. The van der Waals surface area contributed by atoms with Crippen LogP contribution in [0.5, 0.6) is 0 Å². The summed E-state index contributed by atoms with van der Waals surface area (Å²) in [7, 11) is -3.83. The highest BCUT2D eigenvalue weighted by Crippen LogP contribution is 2.31. The Morgan fingerprint density at radius 1 is 1.29 bits per heavy atom. The van der Waals surface area contributed by atoms with Gasteiger partial charge in [-0.25, -0.2) is 18.7 Å². The van der Waals surface area contributed by atoms with E-state index in [9.17, 15) is 23.1 Å². The zero-order valence-corrected chi connectivity index (χ0v) is 19.9. The first-order chi connectivity index (χ1) is 16.0. The fourth-order valence-corrected chi connectivity index (χ4v) is 5.25. The van der Waals surface area contributed by atoms with Gasteiger partial charge in [0.15, 0.2) is 14.6 Å². The Morgan fingerprint density at radius 2 is 2.00 bits per heavy atom. The summed E-state index contributed by atoms with van der Waals surface area (Å²) in [6, 6.07) is 1.95. The number of aliphatic hydroxyl groups is 1. The molecule has 3 N–H and O–H groups in total. The van der Waals surface area contributed by atoms with Crippen LogP contribution in [0, 0.1) is 29.6 Å². The molecule has 1 aromatic heterocycles. The molecule has 3 aliphatic rings. The van der Waals surface area contributed by atoms with Crippen LogP contribution in [0.1, 0.15) is 37.4 Å². The van der Waals surface area contributed by atoms with Gasteiger partial charge in [0, 0.05) is 55.3 Å². The van der Waals surface area contributed by atoms with Crippen molar-refractivity contribution < 1.29 is 28.3 Å². The van der Waals surface area contributed by atoms with Gasteiger partial charge in [-0.15, -0.1) is 0 Å². The Labute approximate surface area is 198 Å². The summed E-state index contributed by atoms with van der Waals surface area (Å²) < 4.78 is 23.8. The summed E-state index contributed by atoms with van der Waals surface area (Å²) >= 11 is 0. The van der Waals surface area contributed by atoms with Crippen molar-refractivity contribution in [3.8, 4) is 23.7 Å². The van der Waals surface area contributed by atoms with Crippen LogP contribution in [-0.4, -0.2) is 87.8 Å². The van der Waals surface area contributed by atoms with Crippen LogP contribution < -0.4 is 5.48 Å². The van der Waals surface area contributed by atoms with E-state index < -0.39 is 20.5 Å². The molecule has 1 aliphatic carbocycles. The van der Waals surface area contributed by atoms with E-state index in [-0.39, 0.29) is 31.6 Å². The molecule has 10 nitrogen and oxygen atoms in total. The van der Waals surface area contributed by atoms with E-state index in [2.05, 4.69) is 28.6 Å². The lowest BCUT2D eigenvalue weighted by Gasteiger charge is -2.48. The van der Waals surface area contributed by atoms with Gasteiger partial charge in [-0.3, -0.25) is 19.5 Å². The highest BCUT2D eigenvalue weighted by Gasteiger charge is 2.44. The van der Waals surface area contributed by atoms with Gasteiger partial charge in [-0.2, -0.15) is 0 Å². The average molecular weight is 489 g/mol. The minimum Gasteiger partial charge on any atom is -0.393 e. The molecular formula is C23H28N4O6S. The zero-order valence-electron chi connectivity index (χ0n) is 19.1. The second-order valence-electron chi connectivity index (χ2n) is 9.44. The molecule has 1 saturated carbocycles. The number of carbonyl (C=O) groups excluding carboxylic acids is 2. The van der Waals surface area contributed by atoms with Crippen molar-refractivity contribution in [3.63, 3.8) is 0 Å². The number of rotatable bonds is 6. The number of carbonyl (C=O) groups is 2. The number of hydroxylamine groups is 1. The topological polar surface area (TPSA) is 132 Å². The number of hydrogen-bond acceptors (Lipinski definition) is 7. The van der Waals surface area contributed by atoms with Gasteiger partial charge in [0.25, 0.3) is 5.91 Å². The third-order valence-corrected chi connectivity index (χ3v) is 9.07. The molecule has 2 aliphatic heterocycles. The normalized spacial score (nSPS) is 24.0. The molecule has 0 unspecified atom stereocenters. The van der Waals surface area contributed by atoms with Crippen LogP contribution in [-0.2, 0) is 21.2 Å². The standard InChI is InChI=1S/C23H28N4O6S/c1-23(21(29)24-31,34(2,32)33)7-8-25-15-19-9-16(14-27(19)22(25)30)5-3-4-6-17-12-26(13-17)18-10-20(28)11-18/h9,14,17-18,20,28,31H,7-8,10-13,15H2,1-2H3,(H,24,29)/t18-,20-,23-/m1/s1. The average Bonchev–Trinajstić information content (AvgIpc) is 3.25. The fourth-order valence-electron chi connectivity index (χ4n) is 4.40. The Kier molecular flexibility index (Phi) is 6.49. The van der Waals surface area contributed by atoms with E-state index in [0.717, 1.165) is 32.2 Å². The van der Waals surface area contributed by atoms with E-state index in [1.807, 2.05) is 0 Å². The Balaban J connectivity index is 1.30. The molecule has 0 aromatic carbocycles. The summed E-state index contributed by atoms with van der Waals surface area (Å²) in [5.41, 5.74) is 2.78. The van der Waals surface area contributed by atoms with Crippen LogP contribution in [0.4, 0.5) is 4.79 Å². The van der Waals surface area contributed by atoms with E-state index in [4.69, 9.17) is 5.21 Å². The lowest BCUT2D eigenvalue weighted by atomic mass is 9.84. The van der Waals surface area contributed by atoms with E-state index in [1.165, 1.54) is 21.9 Å². The summed E-state index contributed by atoms with van der Waals surface area (Å²) in [6.07, 6.45) is 3.94. The maximum absolute atomic E-state index is 12.7. The van der Waals surface area contributed by atoms with Crippen LogP contribution >= 0.6 is 0 Å². The summed E-state index contributed by atoms with van der Waals surface area (Å²) in [4.78, 5) is 28.5. The summed E-state index contributed by atoms with van der Waals surface area (Å²) in [5, 5.41) is 18.3. The SMILES string of the molecule is C[C@@](CCN1Cc2cc(C#CC#CC3CN([C@H]4C[C@H](O)C4)C3)cn2C1=O)(C(=O)NO)S(C)(=O)=O. The number of sulfone groups is 1. The highest BCUT2D eigenvalue weighted by atomic mass is 32.2. The maximum Gasteiger partial charge on any atom is 0.328 e. The van der Waals surface area contributed by atoms with Gasteiger partial charge in [0.1, 0.15) is 0 Å².